The summed E-state index contributed by atoms with van der Waals surface area (Å²) in [6.07, 6.45) is 4.69. The number of fused-ring (bicyclic) bond motifs is 3. The number of nitrogens with zero attached hydrogens (tertiary/aromatic N) is 12. The zero-order valence-electron chi connectivity index (χ0n) is 31.0. The van der Waals surface area contributed by atoms with Crippen LogP contribution in [0.15, 0.2) is 47.7 Å². The van der Waals surface area contributed by atoms with Gasteiger partial charge in [-0.15, -0.1) is 0 Å². The Balaban J connectivity index is 1.58. The van der Waals surface area contributed by atoms with Crippen LogP contribution in [0.3, 0.4) is 0 Å². The van der Waals surface area contributed by atoms with Gasteiger partial charge in [0.2, 0.25) is 0 Å². The molecule has 6 rings (SSSR count). The zero-order chi connectivity index (χ0) is 37.8. The first-order valence-electron chi connectivity index (χ1n) is 16.6. The van der Waals surface area contributed by atoms with Gasteiger partial charge in [-0.3, -0.25) is 41.8 Å². The zero-order valence-corrected chi connectivity index (χ0v) is 31.0. The standard InChI is InChI=1S/C33H44N12O6/c1-17(32(3,4)44-15-35-24-21(44)27(47)41(11)30(50)38(24)8)19(13-43-14-34-23-20(43)26(46)40(10)29(49)37(23)7)18(2)33(5,6)45-16-36-25-22(45)28(48)42(12)31(51)39(25)9/h14-19H,13H2,1-12H3. The highest BCUT2D eigenvalue weighted by Crippen LogP contribution is 2.43. The molecular formula is C33H44N12O6. The summed E-state index contributed by atoms with van der Waals surface area (Å²) in [5.74, 6) is -0.902. The van der Waals surface area contributed by atoms with Crippen LogP contribution in [0.2, 0.25) is 0 Å². The van der Waals surface area contributed by atoms with Crippen molar-refractivity contribution in [2.75, 3.05) is 0 Å². The summed E-state index contributed by atoms with van der Waals surface area (Å²) in [4.78, 5) is 92.4. The van der Waals surface area contributed by atoms with E-state index in [1.54, 1.807) is 53.8 Å². The van der Waals surface area contributed by atoms with E-state index in [9.17, 15) is 28.8 Å². The third kappa shape index (κ3) is 4.78. The molecule has 0 spiro atoms. The van der Waals surface area contributed by atoms with Crippen molar-refractivity contribution in [3.8, 4) is 0 Å². The maximum Gasteiger partial charge on any atom is 0.332 e. The molecule has 0 bridgehead atoms. The van der Waals surface area contributed by atoms with Crippen molar-refractivity contribution in [2.24, 2.45) is 60.0 Å². The van der Waals surface area contributed by atoms with Crippen molar-refractivity contribution in [1.82, 2.24) is 56.1 Å². The summed E-state index contributed by atoms with van der Waals surface area (Å²) in [7, 11) is 8.98. The molecule has 0 radical (unpaired) electrons. The van der Waals surface area contributed by atoms with Gasteiger partial charge in [-0.05, 0) is 45.4 Å². The second-order valence-electron chi connectivity index (χ2n) is 14.8. The molecular weight excluding hydrogens is 660 g/mol. The summed E-state index contributed by atoms with van der Waals surface area (Å²) in [6, 6.07) is 0. The van der Waals surface area contributed by atoms with E-state index >= 15 is 0 Å². The van der Waals surface area contributed by atoms with E-state index in [1.165, 1.54) is 34.8 Å². The van der Waals surface area contributed by atoms with E-state index < -0.39 is 44.8 Å². The molecule has 0 saturated heterocycles. The number of aryl methyl sites for hydroxylation is 3. The van der Waals surface area contributed by atoms with E-state index in [0.717, 1.165) is 13.7 Å². The average molecular weight is 705 g/mol. The van der Waals surface area contributed by atoms with E-state index in [0.29, 0.717) is 0 Å². The predicted octanol–water partition coefficient (Wildman–Crippen LogP) is -0.313. The molecule has 0 aliphatic carbocycles. The lowest BCUT2D eigenvalue weighted by molar-refractivity contribution is 0.0571. The van der Waals surface area contributed by atoms with Gasteiger partial charge in [0.25, 0.3) is 16.7 Å². The largest absolute Gasteiger partial charge is 0.332 e. The number of imidazole rings is 3. The molecule has 0 aliphatic rings. The van der Waals surface area contributed by atoms with Crippen LogP contribution >= 0.6 is 0 Å². The molecule has 18 heteroatoms. The second kappa shape index (κ2) is 11.5. The molecule has 0 aliphatic heterocycles. The molecule has 6 heterocycles. The Kier molecular flexibility index (Phi) is 7.95. The van der Waals surface area contributed by atoms with Crippen molar-refractivity contribution in [3.05, 3.63) is 81.5 Å². The van der Waals surface area contributed by atoms with Crippen molar-refractivity contribution < 1.29 is 0 Å². The first kappa shape index (κ1) is 35.3. The third-order valence-corrected chi connectivity index (χ3v) is 11.7. The molecule has 6 aromatic heterocycles. The summed E-state index contributed by atoms with van der Waals surface area (Å²) in [5.41, 5.74) is -3.02. The minimum absolute atomic E-state index is 0.246. The van der Waals surface area contributed by atoms with Gasteiger partial charge in [0.15, 0.2) is 33.5 Å². The highest BCUT2D eigenvalue weighted by Gasteiger charge is 2.44. The van der Waals surface area contributed by atoms with Crippen molar-refractivity contribution >= 4 is 33.5 Å². The van der Waals surface area contributed by atoms with Crippen LogP contribution in [0.1, 0.15) is 41.5 Å². The molecule has 51 heavy (non-hydrogen) atoms. The van der Waals surface area contributed by atoms with Gasteiger partial charge in [0.1, 0.15) is 0 Å². The molecule has 0 saturated carbocycles. The van der Waals surface area contributed by atoms with Crippen LogP contribution in [0.5, 0.6) is 0 Å². The third-order valence-electron chi connectivity index (χ3n) is 11.7. The lowest BCUT2D eigenvalue weighted by Gasteiger charge is -2.46. The Morgan fingerprint density at radius 2 is 0.824 bits per heavy atom. The van der Waals surface area contributed by atoms with Crippen LogP contribution < -0.4 is 33.7 Å². The minimum atomic E-state index is -0.821. The van der Waals surface area contributed by atoms with Crippen LogP contribution in [0.4, 0.5) is 0 Å². The van der Waals surface area contributed by atoms with Gasteiger partial charge in [-0.25, -0.2) is 29.3 Å². The van der Waals surface area contributed by atoms with Gasteiger partial charge in [0, 0.05) is 59.9 Å². The van der Waals surface area contributed by atoms with E-state index in [4.69, 9.17) is 0 Å². The van der Waals surface area contributed by atoms with E-state index in [2.05, 4.69) is 28.8 Å². The Morgan fingerprint density at radius 1 is 0.510 bits per heavy atom. The van der Waals surface area contributed by atoms with Crippen molar-refractivity contribution in [3.63, 3.8) is 0 Å². The van der Waals surface area contributed by atoms with Crippen molar-refractivity contribution in [1.29, 1.82) is 0 Å². The molecule has 0 amide bonds. The smallest absolute Gasteiger partial charge is 0.324 e. The Hall–Kier alpha value is -5.55. The molecule has 0 fully saturated rings. The molecule has 0 N–H and O–H groups in total. The number of aromatic nitrogens is 12. The van der Waals surface area contributed by atoms with Gasteiger partial charge in [-0.1, -0.05) is 13.8 Å². The summed E-state index contributed by atoms with van der Waals surface area (Å²) in [6.45, 7) is 12.3. The van der Waals surface area contributed by atoms with E-state index in [1.807, 2.05) is 27.7 Å². The Bertz CT molecular complexity index is 2640. The maximum absolute atomic E-state index is 13.6. The van der Waals surface area contributed by atoms with Crippen molar-refractivity contribution in [2.45, 2.75) is 59.2 Å². The lowest BCUT2D eigenvalue weighted by Crippen LogP contribution is -2.48. The second-order valence-corrected chi connectivity index (χ2v) is 14.8. The molecule has 0 aromatic carbocycles. The van der Waals surface area contributed by atoms with Gasteiger partial charge >= 0.3 is 17.1 Å². The van der Waals surface area contributed by atoms with Gasteiger partial charge in [0.05, 0.1) is 19.0 Å². The fraction of sp³-hybridized carbons (Fsp3) is 0.545. The fourth-order valence-corrected chi connectivity index (χ4v) is 7.56. The number of rotatable bonds is 8. The maximum atomic E-state index is 13.6. The molecule has 18 nitrogen and oxygen atoms in total. The Morgan fingerprint density at radius 3 is 1.20 bits per heavy atom. The van der Waals surface area contributed by atoms with Crippen LogP contribution in [0.25, 0.3) is 33.5 Å². The topological polar surface area (TPSA) is 185 Å². The summed E-state index contributed by atoms with van der Waals surface area (Å²) in [5, 5.41) is 0. The molecule has 272 valence electrons. The SMILES string of the molecule is CC(C(Cn1cnc2c1c(=O)n(C)c(=O)n2C)C(C)C(C)(C)n1cnc2c1c(=O)n(C)c(=O)n2C)C(C)(C)n1cnc2c1c(=O)n(C)c(=O)n2C. The van der Waals surface area contributed by atoms with Crippen LogP contribution in [-0.4, -0.2) is 56.1 Å². The lowest BCUT2D eigenvalue weighted by atomic mass is 9.68. The van der Waals surface area contributed by atoms with Crippen LogP contribution in [0, 0.1) is 17.8 Å². The molecule has 2 atom stereocenters. The first-order chi connectivity index (χ1) is 23.7. The summed E-state index contributed by atoms with van der Waals surface area (Å²) < 4.78 is 12.5. The predicted molar refractivity (Wildman–Crippen MR) is 191 cm³/mol. The molecule has 2 unspecified atom stereocenters. The highest BCUT2D eigenvalue weighted by atomic mass is 16.2. The Labute approximate surface area is 290 Å². The quantitative estimate of drug-likeness (QED) is 0.205. The summed E-state index contributed by atoms with van der Waals surface area (Å²) >= 11 is 0. The number of hydrogen-bond acceptors (Lipinski definition) is 9. The van der Waals surface area contributed by atoms with Gasteiger partial charge < -0.3 is 13.7 Å². The van der Waals surface area contributed by atoms with Crippen LogP contribution in [-0.2, 0) is 59.9 Å². The normalized spacial score (nSPS) is 14.6. The fourth-order valence-electron chi connectivity index (χ4n) is 7.56. The van der Waals surface area contributed by atoms with E-state index in [-0.39, 0.29) is 57.8 Å². The van der Waals surface area contributed by atoms with Gasteiger partial charge in [-0.2, -0.15) is 0 Å². The minimum Gasteiger partial charge on any atom is -0.324 e. The number of hydrogen-bond donors (Lipinski definition) is 0. The highest BCUT2D eigenvalue weighted by molar-refractivity contribution is 5.72. The molecule has 6 aromatic rings. The first-order valence-corrected chi connectivity index (χ1v) is 16.6. The average Bonchev–Trinajstić information content (AvgIpc) is 3.85. The monoisotopic (exact) mass is 704 g/mol.